The van der Waals surface area contributed by atoms with Crippen molar-refractivity contribution in [3.05, 3.63) is 65.5 Å². The summed E-state index contributed by atoms with van der Waals surface area (Å²) < 4.78 is 0. The molecule has 2 heterocycles. The van der Waals surface area contributed by atoms with Crippen LogP contribution in [-0.4, -0.2) is 34.2 Å². The maximum Gasteiger partial charge on any atom is 0.261 e. The van der Waals surface area contributed by atoms with Crippen molar-refractivity contribution in [2.45, 2.75) is 32.2 Å². The molecule has 0 saturated heterocycles. The van der Waals surface area contributed by atoms with Gasteiger partial charge in [-0.15, -0.1) is 0 Å². The summed E-state index contributed by atoms with van der Waals surface area (Å²) in [6.07, 6.45) is 7.07. The van der Waals surface area contributed by atoms with Crippen LogP contribution in [0.25, 0.3) is 0 Å². The molecule has 6 nitrogen and oxygen atoms in total. The van der Waals surface area contributed by atoms with E-state index in [4.69, 9.17) is 0 Å². The Morgan fingerprint density at radius 1 is 1.04 bits per heavy atom. The van der Waals surface area contributed by atoms with Crippen LogP contribution in [-0.2, 0) is 11.3 Å². The van der Waals surface area contributed by atoms with E-state index in [1.807, 2.05) is 12.1 Å². The fraction of sp³-hybridized carbons (Fsp3) is 0.364. The number of amides is 3. The zero-order chi connectivity index (χ0) is 19.5. The molecular formula is C22H23N3O3. The molecule has 3 amide bonds. The molecule has 2 atom stereocenters. The van der Waals surface area contributed by atoms with Crippen LogP contribution in [0.1, 0.15) is 52.0 Å². The third-order valence-corrected chi connectivity index (χ3v) is 5.73. The second-order valence-electron chi connectivity index (χ2n) is 7.50. The van der Waals surface area contributed by atoms with Gasteiger partial charge in [-0.25, -0.2) is 0 Å². The van der Waals surface area contributed by atoms with Crippen molar-refractivity contribution in [1.82, 2.24) is 15.2 Å². The molecule has 1 aromatic heterocycles. The number of rotatable bonds is 5. The van der Waals surface area contributed by atoms with Gasteiger partial charge in [0.2, 0.25) is 5.91 Å². The zero-order valence-electron chi connectivity index (χ0n) is 15.6. The van der Waals surface area contributed by atoms with Crippen molar-refractivity contribution in [3.63, 3.8) is 0 Å². The van der Waals surface area contributed by atoms with Crippen LogP contribution < -0.4 is 5.32 Å². The number of fused-ring (bicyclic) bond motifs is 1. The van der Waals surface area contributed by atoms with E-state index < -0.39 is 0 Å². The Bertz CT molecular complexity index is 862. The second kappa shape index (κ2) is 7.92. The molecule has 4 rings (SSSR count). The summed E-state index contributed by atoms with van der Waals surface area (Å²) in [5.41, 5.74) is 1.87. The zero-order valence-corrected chi connectivity index (χ0v) is 15.6. The predicted octanol–water partition coefficient (Wildman–Crippen LogP) is 2.80. The molecule has 1 aliphatic heterocycles. The number of nitrogens with one attached hydrogen (secondary N) is 1. The van der Waals surface area contributed by atoms with Crippen molar-refractivity contribution in [1.29, 1.82) is 0 Å². The van der Waals surface area contributed by atoms with E-state index in [-0.39, 0.29) is 29.6 Å². The highest BCUT2D eigenvalue weighted by Crippen LogP contribution is 2.33. The Labute approximate surface area is 164 Å². The van der Waals surface area contributed by atoms with E-state index in [9.17, 15) is 14.4 Å². The van der Waals surface area contributed by atoms with Crippen LogP contribution in [0, 0.1) is 11.8 Å². The number of imide groups is 1. The van der Waals surface area contributed by atoms with Crippen molar-refractivity contribution < 1.29 is 14.4 Å². The normalized spacial score (nSPS) is 21.5. The van der Waals surface area contributed by atoms with Crippen LogP contribution >= 0.6 is 0 Å². The lowest BCUT2D eigenvalue weighted by Gasteiger charge is -2.32. The number of pyridine rings is 1. The minimum atomic E-state index is -0.249. The molecule has 144 valence electrons. The lowest BCUT2D eigenvalue weighted by molar-refractivity contribution is -0.128. The molecule has 6 heteroatoms. The van der Waals surface area contributed by atoms with Crippen molar-refractivity contribution in [2.75, 3.05) is 6.54 Å². The lowest BCUT2D eigenvalue weighted by Crippen LogP contribution is -2.43. The van der Waals surface area contributed by atoms with Gasteiger partial charge in [-0.05, 0) is 42.5 Å². The summed E-state index contributed by atoms with van der Waals surface area (Å²) in [5, 5.41) is 3.00. The van der Waals surface area contributed by atoms with E-state index in [2.05, 4.69) is 10.3 Å². The number of carbonyl (C=O) groups excluding carboxylic acids is 3. The number of benzene rings is 1. The summed E-state index contributed by atoms with van der Waals surface area (Å²) in [5.74, 6) is -0.703. The van der Waals surface area contributed by atoms with E-state index in [0.29, 0.717) is 24.2 Å². The summed E-state index contributed by atoms with van der Waals surface area (Å²) >= 11 is 0. The number of aromatic nitrogens is 1. The highest BCUT2D eigenvalue weighted by Gasteiger charge is 2.39. The maximum atomic E-state index is 12.8. The summed E-state index contributed by atoms with van der Waals surface area (Å²) in [6, 6.07) is 10.7. The third-order valence-electron chi connectivity index (χ3n) is 5.73. The van der Waals surface area contributed by atoms with Gasteiger partial charge in [-0.2, -0.15) is 0 Å². The Kier molecular flexibility index (Phi) is 5.19. The minimum absolute atomic E-state index is 0.00911. The predicted molar refractivity (Wildman–Crippen MR) is 103 cm³/mol. The lowest BCUT2D eigenvalue weighted by atomic mass is 9.78. The first-order chi connectivity index (χ1) is 13.6. The Balaban J connectivity index is 1.44. The molecule has 2 aromatic rings. The Morgan fingerprint density at radius 3 is 2.43 bits per heavy atom. The molecule has 1 N–H and O–H groups in total. The highest BCUT2D eigenvalue weighted by molar-refractivity contribution is 6.21. The standard InChI is InChI=1S/C22H23N3O3/c26-20(24-13-15-6-5-11-23-12-15)17-8-2-1-7-16(17)14-25-21(27)18-9-3-4-10-19(18)22(25)28/h3-6,9-12,16-17H,1-2,7-8,13-14H2,(H,24,26). The average Bonchev–Trinajstić information content (AvgIpc) is 2.98. The van der Waals surface area contributed by atoms with Crippen LogP contribution in [0.5, 0.6) is 0 Å². The monoisotopic (exact) mass is 377 g/mol. The molecule has 0 spiro atoms. The van der Waals surface area contributed by atoms with Crippen molar-refractivity contribution in [3.8, 4) is 0 Å². The Morgan fingerprint density at radius 2 is 1.75 bits per heavy atom. The average molecular weight is 377 g/mol. The Hall–Kier alpha value is -3.02. The molecule has 1 fully saturated rings. The number of hydrogen-bond acceptors (Lipinski definition) is 4. The second-order valence-corrected chi connectivity index (χ2v) is 7.50. The number of nitrogens with zero attached hydrogens (tertiary/aromatic N) is 2. The molecule has 1 aliphatic carbocycles. The van der Waals surface area contributed by atoms with Crippen LogP contribution in [0.15, 0.2) is 48.8 Å². The van der Waals surface area contributed by atoms with E-state index in [1.165, 1.54) is 4.90 Å². The molecule has 1 aromatic carbocycles. The molecule has 28 heavy (non-hydrogen) atoms. The first-order valence-corrected chi connectivity index (χ1v) is 9.77. The third kappa shape index (κ3) is 3.54. The molecule has 1 saturated carbocycles. The SMILES string of the molecule is O=C(NCc1cccnc1)C1CCCCC1CN1C(=O)c2ccccc2C1=O. The molecule has 0 radical (unpaired) electrons. The van der Waals surface area contributed by atoms with Crippen molar-refractivity contribution in [2.24, 2.45) is 11.8 Å². The van der Waals surface area contributed by atoms with Gasteiger partial charge in [0.15, 0.2) is 0 Å². The van der Waals surface area contributed by atoms with Gasteiger partial charge in [0.05, 0.1) is 11.1 Å². The van der Waals surface area contributed by atoms with Crippen LogP contribution in [0.3, 0.4) is 0 Å². The molecular weight excluding hydrogens is 354 g/mol. The highest BCUT2D eigenvalue weighted by atomic mass is 16.2. The summed E-state index contributed by atoms with van der Waals surface area (Å²) in [4.78, 5) is 43.5. The number of carbonyl (C=O) groups is 3. The summed E-state index contributed by atoms with van der Waals surface area (Å²) in [6.45, 7) is 0.736. The van der Waals surface area contributed by atoms with Gasteiger partial charge in [0.1, 0.15) is 0 Å². The fourth-order valence-electron chi connectivity index (χ4n) is 4.23. The van der Waals surface area contributed by atoms with Crippen LogP contribution in [0.4, 0.5) is 0 Å². The van der Waals surface area contributed by atoms with Crippen molar-refractivity contribution >= 4 is 17.7 Å². The maximum absolute atomic E-state index is 12.8. The van der Waals surface area contributed by atoms with Gasteiger partial charge in [0.25, 0.3) is 11.8 Å². The first kappa shape index (κ1) is 18.3. The quantitative estimate of drug-likeness (QED) is 0.813. The smallest absolute Gasteiger partial charge is 0.261 e. The van der Waals surface area contributed by atoms with Crippen LogP contribution in [0.2, 0.25) is 0 Å². The largest absolute Gasteiger partial charge is 0.352 e. The topological polar surface area (TPSA) is 79.4 Å². The van der Waals surface area contributed by atoms with E-state index in [0.717, 1.165) is 31.2 Å². The first-order valence-electron chi connectivity index (χ1n) is 9.77. The number of hydrogen-bond donors (Lipinski definition) is 1. The van der Waals surface area contributed by atoms with Gasteiger partial charge >= 0.3 is 0 Å². The molecule has 0 bridgehead atoms. The van der Waals surface area contributed by atoms with E-state index in [1.54, 1.807) is 36.7 Å². The van der Waals surface area contributed by atoms with Gasteiger partial charge < -0.3 is 5.32 Å². The summed E-state index contributed by atoms with van der Waals surface area (Å²) in [7, 11) is 0. The van der Waals surface area contributed by atoms with Gasteiger partial charge in [-0.1, -0.05) is 31.0 Å². The van der Waals surface area contributed by atoms with Gasteiger partial charge in [0, 0.05) is 31.4 Å². The molecule has 2 aliphatic rings. The fourth-order valence-corrected chi connectivity index (χ4v) is 4.23. The van der Waals surface area contributed by atoms with Gasteiger partial charge in [-0.3, -0.25) is 24.3 Å². The van der Waals surface area contributed by atoms with E-state index >= 15 is 0 Å². The minimum Gasteiger partial charge on any atom is -0.352 e. The molecule has 2 unspecified atom stereocenters.